The summed E-state index contributed by atoms with van der Waals surface area (Å²) in [6, 6.07) is 0. The van der Waals surface area contributed by atoms with Gasteiger partial charge in [0.2, 0.25) is 0 Å². The van der Waals surface area contributed by atoms with Crippen molar-refractivity contribution in [3.63, 3.8) is 0 Å². The van der Waals surface area contributed by atoms with E-state index in [0.29, 0.717) is 19.3 Å². The van der Waals surface area contributed by atoms with Crippen LogP contribution in [0.5, 0.6) is 0 Å². The van der Waals surface area contributed by atoms with Crippen LogP contribution in [0.3, 0.4) is 0 Å². The van der Waals surface area contributed by atoms with Crippen molar-refractivity contribution in [1.29, 1.82) is 0 Å². The van der Waals surface area contributed by atoms with Gasteiger partial charge >= 0.3 is 152 Å². The Balaban J connectivity index is 5.04. The zero-order valence-corrected chi connectivity index (χ0v) is 17.1. The van der Waals surface area contributed by atoms with E-state index in [1.54, 1.807) is 0 Å². The number of ether oxygens (including phenoxy) is 1. The van der Waals surface area contributed by atoms with E-state index in [4.69, 9.17) is 25.5 Å². The standard InChI is InChI=1S/C11H26NO11P3/c1-4-5-6-7-8-21-24(14,12-9-11(20-3)10(2)13)22-26(18,19)23-25(15,16)17/h1,10-14,24H,5-9H2,2-3H3,(H,18,19)(H2,15,16,17)/t10-,11?/m1/s1. The Morgan fingerprint density at radius 1 is 1.27 bits per heavy atom. The van der Waals surface area contributed by atoms with E-state index in [1.807, 2.05) is 0 Å². The van der Waals surface area contributed by atoms with E-state index in [0.717, 1.165) is 0 Å². The monoisotopic (exact) mass is 441 g/mol. The first kappa shape index (κ1) is 26.1. The van der Waals surface area contributed by atoms with Crippen molar-refractivity contribution in [2.45, 2.75) is 38.4 Å². The van der Waals surface area contributed by atoms with Crippen LogP contribution in [0.2, 0.25) is 0 Å². The molecule has 0 aromatic rings. The number of nitrogens with one attached hydrogen (secondary N) is 1. The molecule has 0 heterocycles. The van der Waals surface area contributed by atoms with Crippen LogP contribution in [0.25, 0.3) is 0 Å². The molecule has 0 aromatic carbocycles. The van der Waals surface area contributed by atoms with Gasteiger partial charge in [0.05, 0.1) is 0 Å². The van der Waals surface area contributed by atoms with Gasteiger partial charge in [0.25, 0.3) is 0 Å². The molecule has 0 spiro atoms. The van der Waals surface area contributed by atoms with Gasteiger partial charge in [0.15, 0.2) is 0 Å². The summed E-state index contributed by atoms with van der Waals surface area (Å²) in [4.78, 5) is 37.1. The molecular formula is C11H26NO11P3. The molecule has 0 saturated carbocycles. The fourth-order valence-corrected chi connectivity index (χ4v) is 5.85. The average Bonchev–Trinajstić information content (AvgIpc) is 2.44. The van der Waals surface area contributed by atoms with E-state index in [9.17, 15) is 24.0 Å². The first-order valence-electron chi connectivity index (χ1n) is 7.40. The second-order valence-electron chi connectivity index (χ2n) is 5.12. The van der Waals surface area contributed by atoms with Crippen LogP contribution in [-0.2, 0) is 27.0 Å². The third-order valence-electron chi connectivity index (χ3n) is 2.83. The van der Waals surface area contributed by atoms with Gasteiger partial charge in [0, 0.05) is 0 Å². The van der Waals surface area contributed by atoms with Gasteiger partial charge in [0.1, 0.15) is 0 Å². The molecule has 0 rings (SSSR count). The second-order valence-corrected chi connectivity index (χ2v) is 10.2. The summed E-state index contributed by atoms with van der Waals surface area (Å²) in [7, 11) is -14.1. The molecular weight excluding hydrogens is 415 g/mol. The average molecular weight is 441 g/mol. The van der Waals surface area contributed by atoms with Gasteiger partial charge in [-0.3, -0.25) is 0 Å². The molecule has 2 unspecified atom stereocenters. The maximum atomic E-state index is 11.7. The minimum atomic E-state index is -5.37. The van der Waals surface area contributed by atoms with E-state index in [2.05, 4.69) is 19.6 Å². The molecule has 26 heavy (non-hydrogen) atoms. The number of rotatable bonds is 14. The summed E-state index contributed by atoms with van der Waals surface area (Å²) in [5, 5.41) is 11.8. The van der Waals surface area contributed by atoms with Crippen LogP contribution < -0.4 is 5.09 Å². The van der Waals surface area contributed by atoms with E-state index < -0.39 is 35.9 Å². The maximum absolute atomic E-state index is 11.7. The molecule has 15 heteroatoms. The minimum absolute atomic E-state index is 0.125. The molecule has 0 saturated heterocycles. The number of unbranched alkanes of at least 4 members (excludes halogenated alkanes) is 2. The summed E-state index contributed by atoms with van der Waals surface area (Å²) >= 11 is 0. The quantitative estimate of drug-likeness (QED) is 0.124. The van der Waals surface area contributed by atoms with Crippen molar-refractivity contribution in [3.8, 4) is 12.3 Å². The molecule has 0 amide bonds. The number of aliphatic hydroxyl groups excluding tert-OH is 1. The number of hydrogen-bond acceptors (Lipinski definition) is 9. The molecule has 0 aliphatic carbocycles. The Morgan fingerprint density at radius 3 is 2.35 bits per heavy atom. The predicted molar refractivity (Wildman–Crippen MR) is 93.7 cm³/mol. The zero-order valence-electron chi connectivity index (χ0n) is 14.3. The molecule has 0 aliphatic heterocycles. The summed E-state index contributed by atoms with van der Waals surface area (Å²) < 4.78 is 40.6. The fourth-order valence-electron chi connectivity index (χ4n) is 1.64. The van der Waals surface area contributed by atoms with Crippen LogP contribution in [0.1, 0.15) is 26.2 Å². The summed E-state index contributed by atoms with van der Waals surface area (Å²) in [5.41, 5.74) is 0. The van der Waals surface area contributed by atoms with E-state index >= 15 is 0 Å². The van der Waals surface area contributed by atoms with Crippen LogP contribution in [0.4, 0.5) is 0 Å². The fraction of sp³-hybridized carbons (Fsp3) is 0.818. The first-order valence-corrected chi connectivity index (χ1v) is 12.2. The van der Waals surface area contributed by atoms with Crippen molar-refractivity contribution in [2.75, 3.05) is 20.3 Å². The SMILES string of the molecule is C#CCCCCO[PH](O)(NCC(OC)[C@@H](C)O)OP(=O)(O)OP(=O)(O)O. The van der Waals surface area contributed by atoms with E-state index in [-0.39, 0.29) is 13.2 Å². The Labute approximate surface area is 152 Å². The number of terminal acetylenes is 1. The van der Waals surface area contributed by atoms with Crippen LogP contribution in [0.15, 0.2) is 0 Å². The molecule has 156 valence electrons. The van der Waals surface area contributed by atoms with Crippen LogP contribution in [-0.4, -0.2) is 57.1 Å². The first-order chi connectivity index (χ1) is 11.8. The summed E-state index contributed by atoms with van der Waals surface area (Å²) in [6.45, 7) is 1.03. The van der Waals surface area contributed by atoms with Crippen molar-refractivity contribution in [1.82, 2.24) is 5.09 Å². The van der Waals surface area contributed by atoms with Gasteiger partial charge in [-0.2, -0.15) is 0 Å². The predicted octanol–water partition coefficient (Wildman–Crippen LogP) is 0.420. The number of hydrogen-bond donors (Lipinski definition) is 6. The molecule has 0 radical (unpaired) electrons. The molecule has 6 N–H and O–H groups in total. The van der Waals surface area contributed by atoms with Crippen molar-refractivity contribution >= 4 is 23.7 Å². The Bertz CT molecular complexity index is 548. The van der Waals surface area contributed by atoms with E-state index in [1.165, 1.54) is 14.0 Å². The number of aliphatic hydroxyl groups is 1. The third kappa shape index (κ3) is 12.4. The van der Waals surface area contributed by atoms with Gasteiger partial charge in [-0.25, -0.2) is 0 Å². The zero-order chi connectivity index (χ0) is 20.4. The van der Waals surface area contributed by atoms with Gasteiger partial charge in [-0.05, 0) is 0 Å². The number of methoxy groups -OCH3 is 1. The second kappa shape index (κ2) is 11.8. The molecule has 0 fully saturated rings. The topological polar surface area (TPSA) is 184 Å². The molecule has 0 aromatic heterocycles. The summed E-state index contributed by atoms with van der Waals surface area (Å²) in [6.07, 6.45) is 4.68. The van der Waals surface area contributed by atoms with Crippen molar-refractivity contribution in [2.24, 2.45) is 0 Å². The number of phosphoric acid groups is 2. The van der Waals surface area contributed by atoms with Gasteiger partial charge in [-0.1, -0.05) is 0 Å². The Kier molecular flexibility index (Phi) is 11.8. The Morgan fingerprint density at radius 2 is 1.88 bits per heavy atom. The van der Waals surface area contributed by atoms with Crippen LogP contribution in [0, 0.1) is 12.3 Å². The third-order valence-corrected chi connectivity index (χ3v) is 7.66. The van der Waals surface area contributed by atoms with Gasteiger partial charge in [-0.15, -0.1) is 0 Å². The van der Waals surface area contributed by atoms with Crippen molar-refractivity contribution in [3.05, 3.63) is 0 Å². The molecule has 0 bridgehead atoms. The molecule has 0 aliphatic rings. The molecule has 12 nitrogen and oxygen atoms in total. The Hall–Kier alpha value is 0.0500. The van der Waals surface area contributed by atoms with Crippen LogP contribution >= 0.6 is 23.7 Å². The van der Waals surface area contributed by atoms with Crippen molar-refractivity contribution < 1.29 is 51.7 Å². The molecule has 3 atom stereocenters. The normalized spacial score (nSPS) is 17.9. The summed E-state index contributed by atoms with van der Waals surface area (Å²) in [5.74, 6) is 2.40. The van der Waals surface area contributed by atoms with Gasteiger partial charge < -0.3 is 0 Å².